The summed E-state index contributed by atoms with van der Waals surface area (Å²) < 4.78 is 4.82. The lowest BCUT2D eigenvalue weighted by Crippen LogP contribution is -2.43. The van der Waals surface area contributed by atoms with Crippen LogP contribution in [0.1, 0.15) is 26.4 Å². The molecule has 2 aliphatic heterocycles. The third kappa shape index (κ3) is 5.00. The predicted octanol–water partition coefficient (Wildman–Crippen LogP) is 4.21. The van der Waals surface area contributed by atoms with Gasteiger partial charge in [0.25, 0.3) is 5.91 Å². The van der Waals surface area contributed by atoms with Crippen molar-refractivity contribution in [3.8, 4) is 0 Å². The number of anilines is 2. The van der Waals surface area contributed by atoms with Gasteiger partial charge in [0, 0.05) is 44.0 Å². The van der Waals surface area contributed by atoms with Crippen molar-refractivity contribution < 1.29 is 14.3 Å². The van der Waals surface area contributed by atoms with E-state index in [2.05, 4.69) is 51.7 Å². The number of amides is 1. The highest BCUT2D eigenvalue weighted by Crippen LogP contribution is 2.39. The largest absolute Gasteiger partial charge is 0.465 e. The first-order valence-corrected chi connectivity index (χ1v) is 12.5. The van der Waals surface area contributed by atoms with Crippen molar-refractivity contribution in [2.24, 2.45) is 0 Å². The number of ether oxygens (including phenoxy) is 1. The van der Waals surface area contributed by atoms with Crippen LogP contribution in [0.3, 0.4) is 0 Å². The molecule has 2 N–H and O–H groups in total. The number of esters is 1. The maximum absolute atomic E-state index is 13.1. The van der Waals surface area contributed by atoms with Crippen molar-refractivity contribution >= 4 is 45.9 Å². The lowest BCUT2D eigenvalue weighted by Gasteiger charge is -2.32. The normalized spacial score (nSPS) is 17.6. The molecule has 35 heavy (non-hydrogen) atoms. The lowest BCUT2D eigenvalue weighted by molar-refractivity contribution is -0.110. The molecule has 1 saturated heterocycles. The van der Waals surface area contributed by atoms with Gasteiger partial charge in [-0.15, -0.1) is 11.3 Å². The first-order valence-electron chi connectivity index (χ1n) is 11.6. The van der Waals surface area contributed by atoms with Gasteiger partial charge in [-0.2, -0.15) is 0 Å². The zero-order chi connectivity index (χ0) is 24.4. The highest BCUT2D eigenvalue weighted by atomic mass is 32.1. The molecule has 2 aromatic carbocycles. The molecule has 0 radical (unpaired) electrons. The molecule has 0 aliphatic carbocycles. The Kier molecular flexibility index (Phi) is 6.68. The lowest BCUT2D eigenvalue weighted by atomic mass is 10.0. The minimum atomic E-state index is -0.437. The summed E-state index contributed by atoms with van der Waals surface area (Å²) in [5, 5.41) is 8.39. The monoisotopic (exact) mass is 488 g/mol. The van der Waals surface area contributed by atoms with Crippen LogP contribution in [0.5, 0.6) is 0 Å². The van der Waals surface area contributed by atoms with Gasteiger partial charge in [0.1, 0.15) is 0 Å². The van der Waals surface area contributed by atoms with Crippen LogP contribution >= 0.6 is 11.3 Å². The molecule has 0 bridgehead atoms. The average Bonchev–Trinajstić information content (AvgIpc) is 3.52. The second-order valence-electron chi connectivity index (χ2n) is 8.83. The Hall–Kier alpha value is -3.46. The van der Waals surface area contributed by atoms with Crippen molar-refractivity contribution in [2.45, 2.75) is 6.54 Å². The maximum Gasteiger partial charge on any atom is 0.337 e. The number of fused-ring (bicyclic) bond motifs is 1. The van der Waals surface area contributed by atoms with Gasteiger partial charge in [-0.05, 0) is 48.3 Å². The van der Waals surface area contributed by atoms with Gasteiger partial charge in [-0.3, -0.25) is 9.69 Å². The number of nitrogens with zero attached hydrogens (tertiary/aromatic N) is 2. The quantitative estimate of drug-likeness (QED) is 0.400. The Morgan fingerprint density at radius 2 is 1.86 bits per heavy atom. The van der Waals surface area contributed by atoms with Gasteiger partial charge in [0.2, 0.25) is 0 Å². The summed E-state index contributed by atoms with van der Waals surface area (Å²) in [7, 11) is 3.51. The van der Waals surface area contributed by atoms with Crippen molar-refractivity contribution in [1.29, 1.82) is 0 Å². The zero-order valence-electron chi connectivity index (χ0n) is 19.8. The van der Waals surface area contributed by atoms with Crippen LogP contribution in [0, 0.1) is 0 Å². The minimum Gasteiger partial charge on any atom is -0.465 e. The molecular formula is C27H28N4O3S. The molecule has 1 amide bonds. The number of likely N-dealkylation sites (N-methyl/N-ethyl adjacent to an activating group) is 1. The van der Waals surface area contributed by atoms with Gasteiger partial charge in [-0.1, -0.05) is 24.3 Å². The van der Waals surface area contributed by atoms with Crippen LogP contribution in [0.25, 0.3) is 11.3 Å². The van der Waals surface area contributed by atoms with E-state index in [1.165, 1.54) is 12.7 Å². The second-order valence-corrected chi connectivity index (χ2v) is 9.78. The predicted molar refractivity (Wildman–Crippen MR) is 140 cm³/mol. The van der Waals surface area contributed by atoms with E-state index in [1.807, 2.05) is 17.5 Å². The molecule has 180 valence electrons. The van der Waals surface area contributed by atoms with Gasteiger partial charge < -0.3 is 20.3 Å². The number of hydrogen-bond acceptors (Lipinski definition) is 7. The van der Waals surface area contributed by atoms with E-state index in [0.29, 0.717) is 16.8 Å². The Labute approximate surface area is 209 Å². The summed E-state index contributed by atoms with van der Waals surface area (Å²) in [6.07, 6.45) is 0. The van der Waals surface area contributed by atoms with E-state index in [0.717, 1.165) is 54.5 Å². The molecule has 3 aromatic rings. The summed E-state index contributed by atoms with van der Waals surface area (Å²) in [4.78, 5) is 30.8. The minimum absolute atomic E-state index is 0.204. The smallest absolute Gasteiger partial charge is 0.337 e. The topological polar surface area (TPSA) is 73.9 Å². The molecule has 1 aromatic heterocycles. The number of carbonyl (C=O) groups is 2. The van der Waals surface area contributed by atoms with Crippen molar-refractivity contribution in [3.05, 3.63) is 81.5 Å². The van der Waals surface area contributed by atoms with E-state index < -0.39 is 5.97 Å². The van der Waals surface area contributed by atoms with Crippen LogP contribution in [0.15, 0.2) is 60.0 Å². The highest BCUT2D eigenvalue weighted by Gasteiger charge is 2.29. The molecule has 2 aliphatic rings. The number of hydrogen-bond donors (Lipinski definition) is 2. The van der Waals surface area contributed by atoms with Crippen LogP contribution in [0.2, 0.25) is 0 Å². The molecule has 3 heterocycles. The molecule has 5 rings (SSSR count). The molecule has 0 saturated carbocycles. The van der Waals surface area contributed by atoms with Crippen LogP contribution in [-0.2, 0) is 16.1 Å². The van der Waals surface area contributed by atoms with E-state index >= 15 is 0 Å². The number of nitrogens with one attached hydrogen (secondary N) is 2. The van der Waals surface area contributed by atoms with Crippen LogP contribution in [0.4, 0.5) is 11.4 Å². The van der Waals surface area contributed by atoms with Gasteiger partial charge >= 0.3 is 5.97 Å². The molecule has 0 spiro atoms. The number of benzene rings is 2. The SMILES string of the molecule is COC(=O)c1ccc2c(c1)NC(=O)C2=C(Nc1ccc(CN2CCN(C)CC2)cc1)c1cccs1. The van der Waals surface area contributed by atoms with E-state index in [9.17, 15) is 9.59 Å². The summed E-state index contributed by atoms with van der Waals surface area (Å²) in [5.74, 6) is -0.641. The average molecular weight is 489 g/mol. The Balaban J connectivity index is 1.43. The van der Waals surface area contributed by atoms with Gasteiger partial charge in [-0.25, -0.2) is 4.79 Å². The fourth-order valence-electron chi connectivity index (χ4n) is 4.44. The molecule has 7 nitrogen and oxygen atoms in total. The van der Waals surface area contributed by atoms with Crippen molar-refractivity contribution in [2.75, 3.05) is 51.0 Å². The molecule has 0 atom stereocenters. The first-order chi connectivity index (χ1) is 17.0. The molecular weight excluding hydrogens is 460 g/mol. The zero-order valence-corrected chi connectivity index (χ0v) is 20.7. The first kappa shape index (κ1) is 23.3. The van der Waals surface area contributed by atoms with Crippen molar-refractivity contribution in [3.63, 3.8) is 0 Å². The standard InChI is InChI=1S/C27H28N4O3S/c1-30-11-13-31(14-12-30)17-18-5-8-20(9-6-18)28-25(23-4-3-15-35-23)24-21-10-7-19(27(33)34-2)16-22(21)29-26(24)32/h3-10,15-16,28H,11-14,17H2,1-2H3,(H,29,32). The van der Waals surface area contributed by atoms with Crippen molar-refractivity contribution in [1.82, 2.24) is 9.80 Å². The molecule has 0 unspecified atom stereocenters. The second kappa shape index (κ2) is 10.0. The maximum atomic E-state index is 13.1. The third-order valence-electron chi connectivity index (χ3n) is 6.43. The highest BCUT2D eigenvalue weighted by molar-refractivity contribution is 7.11. The summed E-state index contributed by atoms with van der Waals surface area (Å²) >= 11 is 1.57. The van der Waals surface area contributed by atoms with E-state index in [4.69, 9.17) is 4.74 Å². The van der Waals surface area contributed by atoms with Crippen LogP contribution in [-0.4, -0.2) is 62.0 Å². The van der Waals surface area contributed by atoms with E-state index in [-0.39, 0.29) is 5.91 Å². The van der Waals surface area contributed by atoms with Gasteiger partial charge in [0.15, 0.2) is 0 Å². The number of carbonyl (C=O) groups excluding carboxylic acids is 2. The third-order valence-corrected chi connectivity index (χ3v) is 7.32. The fraction of sp³-hybridized carbons (Fsp3) is 0.259. The summed E-state index contributed by atoms with van der Waals surface area (Å²) in [6, 6.07) is 17.5. The van der Waals surface area contributed by atoms with E-state index in [1.54, 1.807) is 29.5 Å². The number of rotatable bonds is 6. The van der Waals surface area contributed by atoms with Gasteiger partial charge in [0.05, 0.1) is 34.5 Å². The number of methoxy groups -OCH3 is 1. The fourth-order valence-corrected chi connectivity index (χ4v) is 5.17. The number of thiophene rings is 1. The Morgan fingerprint density at radius 3 is 2.54 bits per heavy atom. The van der Waals surface area contributed by atoms with Crippen LogP contribution < -0.4 is 10.6 Å². The summed E-state index contributed by atoms with van der Waals surface area (Å²) in [5.41, 5.74) is 5.24. The summed E-state index contributed by atoms with van der Waals surface area (Å²) in [6.45, 7) is 5.30. The Morgan fingerprint density at radius 1 is 1.09 bits per heavy atom. The molecule has 8 heteroatoms. The Bertz CT molecular complexity index is 1260. The molecule has 1 fully saturated rings. The number of piperazine rings is 1.